The molecule has 1 aromatic rings. The largest absolute Gasteiger partial charge is 0.835 e. The maximum Gasteiger partial charge on any atom is 0.250 e. The number of nitrogens with zero attached hydrogens (tertiary/aromatic N) is 3. The van der Waals surface area contributed by atoms with Gasteiger partial charge in [-0.05, 0) is 77.0 Å². The highest BCUT2D eigenvalue weighted by atomic mass is 28.4. The zero-order chi connectivity index (χ0) is 32.1. The van der Waals surface area contributed by atoms with E-state index in [1.807, 2.05) is 86.5 Å². The second kappa shape index (κ2) is 11.4. The highest BCUT2D eigenvalue weighted by molar-refractivity contribution is 6.74. The van der Waals surface area contributed by atoms with Crippen LogP contribution in [0, 0.1) is 6.57 Å². The van der Waals surface area contributed by atoms with E-state index in [1.165, 1.54) is 0 Å². The minimum absolute atomic E-state index is 0.180. The Balaban J connectivity index is 2.16. The van der Waals surface area contributed by atoms with Crippen LogP contribution >= 0.6 is 0 Å². The molecular formula is C35H46N3O4Si-. The summed E-state index contributed by atoms with van der Waals surface area (Å²) in [6.45, 7) is 30.7. The number of hydrogen-bond donors (Lipinski definition) is 1. The molecule has 2 unspecified atom stereocenters. The maximum absolute atomic E-state index is 14.4. The van der Waals surface area contributed by atoms with Gasteiger partial charge in [0.2, 0.25) is 5.70 Å². The third-order valence-electron chi connectivity index (χ3n) is 8.43. The Morgan fingerprint density at radius 3 is 1.95 bits per heavy atom. The van der Waals surface area contributed by atoms with Gasteiger partial charge in [0, 0.05) is 27.8 Å². The molecule has 2 atom stereocenters. The maximum atomic E-state index is 14.4. The Kier molecular flexibility index (Phi) is 8.66. The molecule has 0 radical (unpaired) electrons. The highest BCUT2D eigenvalue weighted by Gasteiger charge is 2.49. The lowest BCUT2D eigenvalue weighted by Gasteiger charge is -2.43. The van der Waals surface area contributed by atoms with Crippen LogP contribution in [0.15, 0.2) is 66.4 Å². The lowest BCUT2D eigenvalue weighted by molar-refractivity contribution is -0.511. The second-order valence-electron chi connectivity index (χ2n) is 14.8. The van der Waals surface area contributed by atoms with Gasteiger partial charge in [0.15, 0.2) is 5.76 Å². The van der Waals surface area contributed by atoms with Crippen molar-refractivity contribution in [2.75, 3.05) is 0 Å². The van der Waals surface area contributed by atoms with E-state index < -0.39 is 31.7 Å². The number of fused-ring (bicyclic) bond motifs is 1. The Morgan fingerprint density at radius 2 is 1.47 bits per heavy atom. The molecule has 0 fully saturated rings. The second-order valence-corrected chi connectivity index (χ2v) is 19.5. The topological polar surface area (TPSA) is 72.6 Å². The molecule has 0 bridgehead atoms. The molecule has 43 heavy (non-hydrogen) atoms. The molecule has 4 rings (SSSR count). The van der Waals surface area contributed by atoms with Crippen LogP contribution in [-0.2, 0) is 4.84 Å². The van der Waals surface area contributed by atoms with Crippen LogP contribution in [0.4, 0.5) is 0 Å². The Bertz CT molecular complexity index is 1510. The first-order chi connectivity index (χ1) is 19.8. The smallest absolute Gasteiger partial charge is 0.250 e. The van der Waals surface area contributed by atoms with Gasteiger partial charge in [-0.3, -0.25) is 0 Å². The molecule has 230 valence electrons. The number of hydroxylamine groups is 4. The SMILES string of the molecule is [C-]#[N+]C1=C(c2ccccc2)ON(C(C)(C)C)C1c1c2cccccc-2c(C([O-])N(O)C(C)(C)C)c1O[Si](C)(C)C(C)(C)C. The van der Waals surface area contributed by atoms with Gasteiger partial charge in [0.05, 0.1) is 6.57 Å². The summed E-state index contributed by atoms with van der Waals surface area (Å²) in [5.41, 5.74) is 2.42. The molecule has 1 N–H and O–H groups in total. The van der Waals surface area contributed by atoms with Crippen molar-refractivity contribution in [3.63, 3.8) is 0 Å². The van der Waals surface area contributed by atoms with Gasteiger partial charge in [-0.25, -0.2) is 4.85 Å². The summed E-state index contributed by atoms with van der Waals surface area (Å²) in [5.74, 6) is 0.927. The first-order valence-electron chi connectivity index (χ1n) is 14.8. The molecule has 1 heterocycles. The molecule has 8 heteroatoms. The molecule has 0 aromatic heterocycles. The van der Waals surface area contributed by atoms with E-state index in [1.54, 1.807) is 20.8 Å². The number of rotatable bonds is 6. The average molecular weight is 601 g/mol. The van der Waals surface area contributed by atoms with Crippen molar-refractivity contribution in [3.8, 4) is 16.9 Å². The summed E-state index contributed by atoms with van der Waals surface area (Å²) in [6.07, 6.45) is -1.64. The van der Waals surface area contributed by atoms with Crippen molar-refractivity contribution in [1.82, 2.24) is 10.1 Å². The van der Waals surface area contributed by atoms with Gasteiger partial charge in [-0.15, -0.1) is 5.06 Å². The van der Waals surface area contributed by atoms with Gasteiger partial charge < -0.3 is 19.6 Å². The van der Waals surface area contributed by atoms with Crippen LogP contribution in [0.2, 0.25) is 18.1 Å². The third-order valence-corrected chi connectivity index (χ3v) is 12.8. The van der Waals surface area contributed by atoms with Gasteiger partial charge in [0.1, 0.15) is 11.8 Å². The first-order valence-corrected chi connectivity index (χ1v) is 17.7. The Hall–Kier alpha value is -3.19. The quantitative estimate of drug-likeness (QED) is 0.133. The van der Waals surface area contributed by atoms with E-state index in [9.17, 15) is 10.3 Å². The lowest BCUT2D eigenvalue weighted by atomic mass is 9.95. The normalized spacial score (nSPS) is 17.7. The van der Waals surface area contributed by atoms with E-state index in [0.29, 0.717) is 33.9 Å². The van der Waals surface area contributed by atoms with Crippen molar-refractivity contribution in [2.45, 2.75) is 104 Å². The molecule has 0 amide bonds. The molecule has 1 aliphatic heterocycles. The molecule has 0 saturated carbocycles. The fourth-order valence-corrected chi connectivity index (χ4v) is 6.07. The summed E-state index contributed by atoms with van der Waals surface area (Å²) in [5, 5.41) is 28.2. The zero-order valence-electron chi connectivity index (χ0n) is 27.4. The summed E-state index contributed by atoms with van der Waals surface area (Å²) < 4.78 is 7.13. The average Bonchev–Trinajstić information content (AvgIpc) is 3.31. The summed E-state index contributed by atoms with van der Waals surface area (Å²) >= 11 is 0. The molecule has 2 aliphatic carbocycles. The predicted octanol–water partition coefficient (Wildman–Crippen LogP) is 8.40. The number of benzene rings is 1. The Morgan fingerprint density at radius 1 is 0.930 bits per heavy atom. The van der Waals surface area contributed by atoms with Gasteiger partial charge in [0.25, 0.3) is 8.32 Å². The molecule has 1 aromatic carbocycles. The van der Waals surface area contributed by atoms with E-state index in [2.05, 4.69) is 38.7 Å². The van der Waals surface area contributed by atoms with Crippen LogP contribution < -0.4 is 9.53 Å². The monoisotopic (exact) mass is 600 g/mol. The first kappa shape index (κ1) is 32.7. The zero-order valence-corrected chi connectivity index (χ0v) is 28.4. The fourth-order valence-electron chi connectivity index (χ4n) is 5.03. The highest BCUT2D eigenvalue weighted by Crippen LogP contribution is 2.57. The van der Waals surface area contributed by atoms with Gasteiger partial charge in [-0.1, -0.05) is 81.4 Å². The lowest BCUT2D eigenvalue weighted by Crippen LogP contribution is -2.48. The van der Waals surface area contributed by atoms with E-state index >= 15 is 0 Å². The fraction of sp³-hybridized carbons (Fsp3) is 0.457. The molecule has 3 aliphatic rings. The summed E-state index contributed by atoms with van der Waals surface area (Å²) in [4.78, 5) is 10.7. The standard InChI is InChI=1S/C35H46N3O4Si/c1-33(2,3)37(40)32(39)27-25-22-18-14-17-21-24(25)26(31(27)42-43(11,12)35(7,8)9)29-28(36-10)30(23-19-15-13-16-20-23)41-38(29)34(4,5)6/h13-22,29,32,40H,1-9,11-12H3/q-1. The van der Waals surface area contributed by atoms with Gasteiger partial charge in [-0.2, -0.15) is 5.06 Å². The van der Waals surface area contributed by atoms with Gasteiger partial charge >= 0.3 is 0 Å². The van der Waals surface area contributed by atoms with Crippen LogP contribution in [-0.4, -0.2) is 34.7 Å². The minimum atomic E-state index is -2.54. The van der Waals surface area contributed by atoms with Crippen molar-refractivity contribution >= 4 is 14.1 Å². The van der Waals surface area contributed by atoms with Crippen LogP contribution in [0.5, 0.6) is 5.75 Å². The number of hydrogen-bond acceptors (Lipinski definition) is 6. The van der Waals surface area contributed by atoms with E-state index in [-0.39, 0.29) is 5.04 Å². The van der Waals surface area contributed by atoms with Crippen molar-refractivity contribution in [2.24, 2.45) is 0 Å². The summed E-state index contributed by atoms with van der Waals surface area (Å²) in [6, 6.07) is 18.6. The Labute approximate surface area is 258 Å². The summed E-state index contributed by atoms with van der Waals surface area (Å²) in [7, 11) is -2.54. The van der Waals surface area contributed by atoms with Crippen molar-refractivity contribution in [3.05, 3.63) is 94.5 Å². The van der Waals surface area contributed by atoms with Crippen molar-refractivity contribution in [1.29, 1.82) is 0 Å². The van der Waals surface area contributed by atoms with E-state index in [0.717, 1.165) is 16.2 Å². The van der Waals surface area contributed by atoms with Crippen LogP contribution in [0.25, 0.3) is 21.7 Å². The van der Waals surface area contributed by atoms with Crippen LogP contribution in [0.3, 0.4) is 0 Å². The molecular weight excluding hydrogens is 554 g/mol. The van der Waals surface area contributed by atoms with Crippen LogP contribution in [0.1, 0.15) is 91.3 Å². The van der Waals surface area contributed by atoms with E-state index in [4.69, 9.17) is 15.8 Å². The minimum Gasteiger partial charge on any atom is -0.835 e. The predicted molar refractivity (Wildman–Crippen MR) is 172 cm³/mol. The molecule has 0 saturated heterocycles. The molecule has 0 spiro atoms. The third kappa shape index (κ3) is 6.10. The van der Waals surface area contributed by atoms with Crippen molar-refractivity contribution < 1.29 is 19.6 Å². The molecule has 7 nitrogen and oxygen atoms in total.